The normalized spacial score (nSPS) is 14.7. The van der Waals surface area contributed by atoms with Crippen molar-refractivity contribution in [1.82, 2.24) is 9.88 Å². The largest absolute Gasteiger partial charge is 0.497 e. The minimum absolute atomic E-state index is 0.0887. The quantitative estimate of drug-likeness (QED) is 0.501. The van der Waals surface area contributed by atoms with Crippen molar-refractivity contribution in [3.63, 3.8) is 0 Å². The zero-order chi connectivity index (χ0) is 20.9. The summed E-state index contributed by atoms with van der Waals surface area (Å²) in [5, 5.41) is 0.679. The van der Waals surface area contributed by atoms with Crippen LogP contribution in [0.15, 0.2) is 47.4 Å². The third-order valence-electron chi connectivity index (χ3n) is 5.06. The maximum absolute atomic E-state index is 12.6. The Morgan fingerprint density at radius 3 is 2.50 bits per heavy atom. The number of methoxy groups -OCH3 is 2. The molecule has 6 nitrogen and oxygen atoms in total. The van der Waals surface area contributed by atoms with Crippen LogP contribution in [0.1, 0.15) is 12.8 Å². The van der Waals surface area contributed by atoms with Gasteiger partial charge in [-0.3, -0.25) is 4.79 Å². The number of thioether (sulfide) groups is 1. The van der Waals surface area contributed by atoms with Crippen LogP contribution in [-0.4, -0.2) is 55.0 Å². The third kappa shape index (κ3) is 4.99. The number of ether oxygens (including phenoxy) is 3. The first-order valence-electron chi connectivity index (χ1n) is 9.80. The van der Waals surface area contributed by atoms with Crippen molar-refractivity contribution in [3.05, 3.63) is 42.5 Å². The van der Waals surface area contributed by atoms with Gasteiger partial charge in [-0.25, -0.2) is 4.98 Å². The van der Waals surface area contributed by atoms with E-state index in [4.69, 9.17) is 14.2 Å². The molecule has 0 spiro atoms. The molecule has 1 aromatic heterocycles. The lowest BCUT2D eigenvalue weighted by atomic mass is 10.1. The molecule has 0 aliphatic carbocycles. The van der Waals surface area contributed by atoms with E-state index < -0.39 is 0 Å². The lowest BCUT2D eigenvalue weighted by Crippen LogP contribution is -2.42. The van der Waals surface area contributed by atoms with E-state index >= 15 is 0 Å². The van der Waals surface area contributed by atoms with E-state index in [1.54, 1.807) is 26.0 Å². The molecule has 0 unspecified atom stereocenters. The predicted octanol–water partition coefficient (Wildman–Crippen LogP) is 4.48. The maximum Gasteiger partial charge on any atom is 0.274 e. The van der Waals surface area contributed by atoms with Crippen molar-refractivity contribution in [2.24, 2.45) is 0 Å². The molecule has 8 heteroatoms. The van der Waals surface area contributed by atoms with E-state index in [1.165, 1.54) is 11.3 Å². The van der Waals surface area contributed by atoms with E-state index in [0.29, 0.717) is 24.0 Å². The number of likely N-dealkylation sites (tertiary alicyclic amines) is 1. The number of piperidine rings is 1. The fraction of sp³-hybridized carbons (Fsp3) is 0.364. The Balaban J connectivity index is 1.25. The minimum atomic E-state index is 0.0887. The molecule has 2 aromatic carbocycles. The summed E-state index contributed by atoms with van der Waals surface area (Å²) in [6.45, 7) is 1.43. The molecule has 1 aliphatic heterocycles. The molecule has 0 saturated carbocycles. The van der Waals surface area contributed by atoms with Crippen LogP contribution in [-0.2, 0) is 4.79 Å². The second kappa shape index (κ2) is 9.57. The summed E-state index contributed by atoms with van der Waals surface area (Å²) in [6, 6.07) is 13.6. The zero-order valence-electron chi connectivity index (χ0n) is 17.0. The average Bonchev–Trinajstić information content (AvgIpc) is 3.19. The van der Waals surface area contributed by atoms with Crippen molar-refractivity contribution in [2.75, 3.05) is 33.1 Å². The number of carbonyl (C=O) groups is 1. The van der Waals surface area contributed by atoms with E-state index in [2.05, 4.69) is 4.98 Å². The number of thiazole rings is 1. The Morgan fingerprint density at radius 2 is 1.80 bits per heavy atom. The average molecular weight is 445 g/mol. The Bertz CT molecular complexity index is 998. The Kier molecular flexibility index (Phi) is 6.64. The summed E-state index contributed by atoms with van der Waals surface area (Å²) in [5.74, 6) is 2.25. The van der Waals surface area contributed by atoms with Gasteiger partial charge in [0.05, 0.1) is 30.2 Å². The Hall–Kier alpha value is -2.45. The first-order chi connectivity index (χ1) is 14.6. The molecule has 0 atom stereocenters. The van der Waals surface area contributed by atoms with Crippen LogP contribution in [0.5, 0.6) is 16.7 Å². The van der Waals surface area contributed by atoms with Gasteiger partial charge >= 0.3 is 0 Å². The predicted molar refractivity (Wildman–Crippen MR) is 120 cm³/mol. The molecular weight excluding hydrogens is 420 g/mol. The first-order valence-corrected chi connectivity index (χ1v) is 11.6. The number of hydrogen-bond acceptors (Lipinski definition) is 7. The number of nitrogens with zero attached hydrogens (tertiary/aromatic N) is 2. The number of rotatable bonds is 7. The van der Waals surface area contributed by atoms with Gasteiger partial charge in [-0.2, -0.15) is 0 Å². The summed E-state index contributed by atoms with van der Waals surface area (Å²) in [6.07, 6.45) is 1.72. The molecule has 3 aromatic rings. The van der Waals surface area contributed by atoms with Crippen LogP contribution in [0.25, 0.3) is 10.2 Å². The highest BCUT2D eigenvalue weighted by Crippen LogP contribution is 2.32. The molecule has 0 N–H and O–H groups in total. The van der Waals surface area contributed by atoms with Crippen molar-refractivity contribution in [2.45, 2.75) is 23.8 Å². The highest BCUT2D eigenvalue weighted by atomic mass is 32.2. The van der Waals surface area contributed by atoms with Crippen LogP contribution in [0.4, 0.5) is 0 Å². The summed E-state index contributed by atoms with van der Waals surface area (Å²) in [4.78, 5) is 20.1. The topological polar surface area (TPSA) is 60.9 Å². The molecule has 2 heterocycles. The van der Waals surface area contributed by atoms with Crippen molar-refractivity contribution in [3.8, 4) is 16.7 Å². The zero-order valence-corrected chi connectivity index (χ0v) is 18.6. The first kappa shape index (κ1) is 20.8. The van der Waals surface area contributed by atoms with Crippen LogP contribution < -0.4 is 14.2 Å². The molecule has 4 rings (SSSR count). The number of aromatic nitrogens is 1. The van der Waals surface area contributed by atoms with Crippen LogP contribution in [0, 0.1) is 0 Å². The van der Waals surface area contributed by atoms with Gasteiger partial charge in [0.2, 0.25) is 5.91 Å². The summed E-state index contributed by atoms with van der Waals surface area (Å²) in [7, 11) is 3.30. The number of hydrogen-bond donors (Lipinski definition) is 0. The smallest absolute Gasteiger partial charge is 0.274 e. The summed E-state index contributed by atoms with van der Waals surface area (Å²) in [5.41, 5.74) is 0.916. The van der Waals surface area contributed by atoms with Gasteiger partial charge in [0.1, 0.15) is 17.6 Å². The fourth-order valence-electron chi connectivity index (χ4n) is 3.34. The molecule has 1 saturated heterocycles. The number of benzene rings is 2. The van der Waals surface area contributed by atoms with Gasteiger partial charge < -0.3 is 19.1 Å². The van der Waals surface area contributed by atoms with Crippen molar-refractivity contribution in [1.29, 1.82) is 0 Å². The standard InChI is InChI=1S/C22H24N2O4S2/c1-26-15-3-6-18(7-4-15)29-14-21(25)24-11-9-16(10-12-24)28-22-23-19-8-5-17(27-2)13-20(19)30-22/h3-8,13,16H,9-12,14H2,1-2H3. The monoisotopic (exact) mass is 444 g/mol. The highest BCUT2D eigenvalue weighted by molar-refractivity contribution is 8.00. The Labute approximate surface area is 184 Å². The highest BCUT2D eigenvalue weighted by Gasteiger charge is 2.24. The van der Waals surface area contributed by atoms with E-state index in [1.807, 2.05) is 47.4 Å². The summed E-state index contributed by atoms with van der Waals surface area (Å²) >= 11 is 3.08. The maximum atomic E-state index is 12.6. The number of carbonyl (C=O) groups excluding carboxylic acids is 1. The fourth-order valence-corrected chi connectivity index (χ4v) is 5.05. The lowest BCUT2D eigenvalue weighted by molar-refractivity contribution is -0.130. The van der Waals surface area contributed by atoms with Crippen molar-refractivity contribution >= 4 is 39.2 Å². The van der Waals surface area contributed by atoms with E-state index in [-0.39, 0.29) is 12.0 Å². The van der Waals surface area contributed by atoms with Gasteiger partial charge in [-0.15, -0.1) is 11.8 Å². The molecule has 158 valence electrons. The van der Waals surface area contributed by atoms with Gasteiger partial charge in [0, 0.05) is 30.8 Å². The molecule has 30 heavy (non-hydrogen) atoms. The Morgan fingerprint density at radius 1 is 1.10 bits per heavy atom. The van der Waals surface area contributed by atoms with Crippen LogP contribution >= 0.6 is 23.1 Å². The number of fused-ring (bicyclic) bond motifs is 1. The van der Waals surface area contributed by atoms with E-state index in [0.717, 1.165) is 39.5 Å². The van der Waals surface area contributed by atoms with Crippen LogP contribution in [0.3, 0.4) is 0 Å². The lowest BCUT2D eigenvalue weighted by Gasteiger charge is -2.31. The molecule has 1 amide bonds. The molecule has 0 radical (unpaired) electrons. The van der Waals surface area contributed by atoms with Crippen molar-refractivity contribution < 1.29 is 19.0 Å². The summed E-state index contributed by atoms with van der Waals surface area (Å²) < 4.78 is 17.6. The van der Waals surface area contributed by atoms with Gasteiger partial charge in [0.15, 0.2) is 0 Å². The van der Waals surface area contributed by atoms with E-state index in [9.17, 15) is 4.79 Å². The third-order valence-corrected chi connectivity index (χ3v) is 6.97. The van der Waals surface area contributed by atoms with Gasteiger partial charge in [0.25, 0.3) is 5.19 Å². The molecule has 1 aliphatic rings. The van der Waals surface area contributed by atoms with Gasteiger partial charge in [-0.1, -0.05) is 11.3 Å². The van der Waals surface area contributed by atoms with Gasteiger partial charge in [-0.05, 0) is 42.5 Å². The SMILES string of the molecule is COc1ccc(SCC(=O)N2CCC(Oc3nc4ccc(OC)cc4s3)CC2)cc1. The number of amides is 1. The minimum Gasteiger partial charge on any atom is -0.497 e. The van der Waals surface area contributed by atoms with Crippen LogP contribution in [0.2, 0.25) is 0 Å². The molecular formula is C22H24N2O4S2. The second-order valence-corrected chi connectivity index (χ2v) is 9.02. The molecule has 0 bridgehead atoms. The second-order valence-electron chi connectivity index (χ2n) is 6.98. The molecule has 1 fully saturated rings.